The Bertz CT molecular complexity index is 774. The minimum absolute atomic E-state index is 0. The minimum atomic E-state index is -0.412. The molecule has 3 N–H and O–H groups in total. The van der Waals surface area contributed by atoms with Crippen molar-refractivity contribution in [2.75, 3.05) is 6.54 Å². The molecule has 1 atom stereocenters. The molecule has 1 saturated carbocycles. The number of carbonyl (C=O) groups excluding carboxylic acids is 1. The molecule has 8 heteroatoms. The molecule has 1 heterocycles. The van der Waals surface area contributed by atoms with Gasteiger partial charge in [0.2, 0.25) is 0 Å². The van der Waals surface area contributed by atoms with Gasteiger partial charge in [0.25, 0.3) is 11.5 Å². The van der Waals surface area contributed by atoms with Crippen LogP contribution in [-0.2, 0) is 0 Å². The summed E-state index contributed by atoms with van der Waals surface area (Å²) in [6.07, 6.45) is 2.20. The number of carbonyl (C=O) groups is 1. The highest BCUT2D eigenvalue weighted by atomic mass is 35.5. The van der Waals surface area contributed by atoms with Crippen LogP contribution in [0.25, 0.3) is 5.69 Å². The first-order valence-electron chi connectivity index (χ1n) is 7.45. The Morgan fingerprint density at radius 3 is 2.58 bits per heavy atom. The zero-order chi connectivity index (χ0) is 16.4. The molecule has 2 aromatic rings. The molecule has 128 valence electrons. The maximum Gasteiger partial charge on any atom is 0.271 e. The molecule has 0 radical (unpaired) electrons. The number of hydrogen-bond acceptors (Lipinski definition) is 4. The average Bonchev–Trinajstić information content (AvgIpc) is 3.38. The number of rotatable bonds is 5. The number of nitrogens with one attached hydrogen (secondary N) is 1. The van der Waals surface area contributed by atoms with E-state index in [-0.39, 0.29) is 24.1 Å². The topological polar surface area (TPSA) is 90.0 Å². The summed E-state index contributed by atoms with van der Waals surface area (Å²) in [7, 11) is 0. The summed E-state index contributed by atoms with van der Waals surface area (Å²) in [5, 5.41) is 6.76. The molecule has 1 aromatic carbocycles. The maximum absolute atomic E-state index is 13.0. The Morgan fingerprint density at radius 2 is 1.96 bits per heavy atom. The molecule has 1 fully saturated rings. The van der Waals surface area contributed by atoms with Gasteiger partial charge in [-0.05, 0) is 49.1 Å². The molecule has 24 heavy (non-hydrogen) atoms. The van der Waals surface area contributed by atoms with E-state index in [9.17, 15) is 14.0 Å². The van der Waals surface area contributed by atoms with Crippen molar-refractivity contribution in [3.63, 3.8) is 0 Å². The van der Waals surface area contributed by atoms with Crippen LogP contribution < -0.4 is 16.6 Å². The number of nitrogens with two attached hydrogens (primary N) is 1. The van der Waals surface area contributed by atoms with E-state index in [4.69, 9.17) is 5.73 Å². The highest BCUT2D eigenvalue weighted by Crippen LogP contribution is 2.31. The van der Waals surface area contributed by atoms with Gasteiger partial charge in [-0.3, -0.25) is 9.59 Å². The van der Waals surface area contributed by atoms with Gasteiger partial charge in [0.15, 0.2) is 0 Å². The van der Waals surface area contributed by atoms with Crippen LogP contribution in [0.4, 0.5) is 4.39 Å². The van der Waals surface area contributed by atoms with Crippen molar-refractivity contribution in [1.82, 2.24) is 15.1 Å². The zero-order valence-corrected chi connectivity index (χ0v) is 13.6. The monoisotopic (exact) mass is 352 g/mol. The minimum Gasteiger partial charge on any atom is -0.349 e. The molecule has 1 unspecified atom stereocenters. The van der Waals surface area contributed by atoms with Gasteiger partial charge in [0.05, 0.1) is 5.69 Å². The lowest BCUT2D eigenvalue weighted by molar-refractivity contribution is 0.0943. The number of aromatic nitrogens is 2. The van der Waals surface area contributed by atoms with Crippen LogP contribution in [0.1, 0.15) is 23.3 Å². The smallest absolute Gasteiger partial charge is 0.271 e. The first kappa shape index (κ1) is 18.1. The summed E-state index contributed by atoms with van der Waals surface area (Å²) in [5.74, 6) is -0.321. The van der Waals surface area contributed by atoms with E-state index >= 15 is 0 Å². The molecular weight excluding hydrogens is 335 g/mol. The lowest BCUT2D eigenvalue weighted by Gasteiger charge is -2.12. The molecule has 0 aliphatic heterocycles. The lowest BCUT2D eigenvalue weighted by atomic mass is 10.2. The summed E-state index contributed by atoms with van der Waals surface area (Å²) in [6.45, 7) is 0.376. The van der Waals surface area contributed by atoms with Crippen LogP contribution >= 0.6 is 12.4 Å². The van der Waals surface area contributed by atoms with Crippen molar-refractivity contribution in [2.24, 2.45) is 11.7 Å². The SMILES string of the molecule is Cl.NC(CNC(=O)c1ccc(=O)n(-c2ccc(F)cc2)n1)C1CC1. The number of amides is 1. The van der Waals surface area contributed by atoms with Crippen LogP contribution in [0, 0.1) is 11.7 Å². The summed E-state index contributed by atoms with van der Waals surface area (Å²) in [4.78, 5) is 24.0. The Balaban J connectivity index is 0.00000208. The average molecular weight is 353 g/mol. The fraction of sp³-hybridized carbons (Fsp3) is 0.312. The Morgan fingerprint density at radius 1 is 1.29 bits per heavy atom. The molecule has 1 amide bonds. The van der Waals surface area contributed by atoms with E-state index < -0.39 is 17.3 Å². The predicted molar refractivity (Wildman–Crippen MR) is 90.1 cm³/mol. The zero-order valence-electron chi connectivity index (χ0n) is 12.8. The molecule has 1 aromatic heterocycles. The predicted octanol–water partition coefficient (Wildman–Crippen LogP) is 1.26. The van der Waals surface area contributed by atoms with Crippen LogP contribution in [-0.4, -0.2) is 28.3 Å². The molecule has 3 rings (SSSR count). The van der Waals surface area contributed by atoms with E-state index in [0.29, 0.717) is 18.2 Å². The van der Waals surface area contributed by atoms with Crippen LogP contribution in [0.15, 0.2) is 41.2 Å². The second-order valence-corrected chi connectivity index (χ2v) is 5.66. The highest BCUT2D eigenvalue weighted by molar-refractivity contribution is 5.92. The van der Waals surface area contributed by atoms with Gasteiger partial charge in [0, 0.05) is 18.7 Å². The number of nitrogens with zero attached hydrogens (tertiary/aromatic N) is 2. The largest absolute Gasteiger partial charge is 0.349 e. The first-order chi connectivity index (χ1) is 11.0. The Kier molecular flexibility index (Phi) is 5.69. The summed E-state index contributed by atoms with van der Waals surface area (Å²) in [6, 6.07) is 7.87. The van der Waals surface area contributed by atoms with Gasteiger partial charge in [-0.2, -0.15) is 9.78 Å². The van der Waals surface area contributed by atoms with Crippen molar-refractivity contribution in [1.29, 1.82) is 0 Å². The van der Waals surface area contributed by atoms with Crippen molar-refractivity contribution in [2.45, 2.75) is 18.9 Å². The quantitative estimate of drug-likeness (QED) is 0.847. The molecule has 6 nitrogen and oxygen atoms in total. The lowest BCUT2D eigenvalue weighted by Crippen LogP contribution is -2.39. The van der Waals surface area contributed by atoms with Crippen molar-refractivity contribution >= 4 is 18.3 Å². The normalized spacial score (nSPS) is 14.6. The Hall–Kier alpha value is -2.25. The molecule has 0 saturated heterocycles. The standard InChI is InChI=1S/C16H17FN4O2.ClH/c17-11-3-5-12(6-4-11)21-15(22)8-7-14(20-21)16(23)19-9-13(18)10-1-2-10;/h3-8,10,13H,1-2,9,18H2,(H,19,23);1H. The van der Waals surface area contributed by atoms with Crippen LogP contribution in [0.3, 0.4) is 0 Å². The Labute approximate surface area is 144 Å². The molecule has 0 bridgehead atoms. The first-order valence-corrected chi connectivity index (χ1v) is 7.45. The van der Waals surface area contributed by atoms with Crippen molar-refractivity contribution in [3.8, 4) is 5.69 Å². The maximum atomic E-state index is 13.0. The second-order valence-electron chi connectivity index (χ2n) is 5.66. The fourth-order valence-corrected chi connectivity index (χ4v) is 2.29. The van der Waals surface area contributed by atoms with E-state index in [2.05, 4.69) is 10.4 Å². The number of benzene rings is 1. The van der Waals surface area contributed by atoms with Gasteiger partial charge in [-0.1, -0.05) is 0 Å². The third-order valence-corrected chi connectivity index (χ3v) is 3.83. The second kappa shape index (κ2) is 7.55. The van der Waals surface area contributed by atoms with Gasteiger partial charge in [-0.25, -0.2) is 4.39 Å². The molecule has 1 aliphatic rings. The summed E-state index contributed by atoms with van der Waals surface area (Å²) >= 11 is 0. The van der Waals surface area contributed by atoms with Crippen molar-refractivity contribution in [3.05, 3.63) is 58.3 Å². The van der Waals surface area contributed by atoms with E-state index in [1.165, 1.54) is 36.4 Å². The van der Waals surface area contributed by atoms with Gasteiger partial charge in [-0.15, -0.1) is 12.4 Å². The third-order valence-electron chi connectivity index (χ3n) is 3.83. The van der Waals surface area contributed by atoms with E-state index in [0.717, 1.165) is 17.5 Å². The molecule has 0 spiro atoms. The number of halogens is 2. The fourth-order valence-electron chi connectivity index (χ4n) is 2.29. The van der Waals surface area contributed by atoms with Crippen molar-refractivity contribution < 1.29 is 9.18 Å². The van der Waals surface area contributed by atoms with Crippen LogP contribution in [0.2, 0.25) is 0 Å². The number of hydrogen-bond donors (Lipinski definition) is 2. The van der Waals surface area contributed by atoms with Gasteiger partial charge < -0.3 is 11.1 Å². The third kappa shape index (κ3) is 4.18. The van der Waals surface area contributed by atoms with E-state index in [1.54, 1.807) is 0 Å². The summed E-state index contributed by atoms with van der Waals surface area (Å²) < 4.78 is 14.0. The summed E-state index contributed by atoms with van der Waals surface area (Å²) in [5.41, 5.74) is 6.04. The molecule has 1 aliphatic carbocycles. The highest BCUT2D eigenvalue weighted by Gasteiger charge is 2.28. The van der Waals surface area contributed by atoms with Crippen LogP contribution in [0.5, 0.6) is 0 Å². The van der Waals surface area contributed by atoms with Gasteiger partial charge in [0.1, 0.15) is 11.5 Å². The van der Waals surface area contributed by atoms with Gasteiger partial charge >= 0.3 is 0 Å². The van der Waals surface area contributed by atoms with E-state index in [1.807, 2.05) is 0 Å². The molecular formula is C16H18ClFN4O2.